The first-order valence-corrected chi connectivity index (χ1v) is 9.94. The Bertz CT molecular complexity index is 1260. The van der Waals surface area contributed by atoms with Crippen LogP contribution in [0.25, 0.3) is 22.8 Å². The van der Waals surface area contributed by atoms with Crippen molar-refractivity contribution in [2.45, 2.75) is 25.4 Å². The van der Waals surface area contributed by atoms with Crippen LogP contribution in [0, 0.1) is 0 Å². The Morgan fingerprint density at radius 3 is 2.42 bits per heavy atom. The van der Waals surface area contributed by atoms with E-state index in [0.717, 1.165) is 5.56 Å². The molecule has 1 amide bonds. The van der Waals surface area contributed by atoms with E-state index in [1.165, 1.54) is 18.2 Å². The van der Waals surface area contributed by atoms with E-state index in [0.29, 0.717) is 11.6 Å². The van der Waals surface area contributed by atoms with Gasteiger partial charge in [-0.2, -0.15) is 18.2 Å². The van der Waals surface area contributed by atoms with Crippen molar-refractivity contribution in [1.82, 2.24) is 20.4 Å². The molecule has 10 heteroatoms. The first kappa shape index (κ1) is 22.3. The van der Waals surface area contributed by atoms with Crippen LogP contribution in [0.15, 0.2) is 69.8 Å². The smallest absolute Gasteiger partial charge is 0.444 e. The summed E-state index contributed by atoms with van der Waals surface area (Å²) in [6, 6.07) is 15.4. The predicted molar refractivity (Wildman–Crippen MR) is 112 cm³/mol. The van der Waals surface area contributed by atoms with Gasteiger partial charge in [0, 0.05) is 28.7 Å². The number of halogens is 3. The molecule has 33 heavy (non-hydrogen) atoms. The second-order valence-electron chi connectivity index (χ2n) is 7.97. The van der Waals surface area contributed by atoms with Crippen LogP contribution in [-0.4, -0.2) is 27.6 Å². The topological polar surface area (TPSA) is 94.1 Å². The minimum atomic E-state index is -4.74. The molecule has 2 aromatic heterocycles. The first-order valence-electron chi connectivity index (χ1n) is 9.94. The Morgan fingerprint density at radius 2 is 1.73 bits per heavy atom. The molecule has 2 aromatic carbocycles. The summed E-state index contributed by atoms with van der Waals surface area (Å²) >= 11 is 0. The standard InChI is InChI=1S/C23H19F3N4O3/c1-22(2,17-12-32-20(28-17)14-7-4-3-5-8-14)13-27-19(31)16-10-6-9-15(11-16)18-29-21(33-30-18)23(24,25)26/h3-12H,13H2,1-2H3,(H,27,31)/i24-1. The van der Waals surface area contributed by atoms with Crippen molar-refractivity contribution < 1.29 is 26.9 Å². The maximum absolute atomic E-state index is 12.7. The Labute approximate surface area is 186 Å². The Balaban J connectivity index is 1.45. The summed E-state index contributed by atoms with van der Waals surface area (Å²) in [7, 11) is 0. The minimum Gasteiger partial charge on any atom is -0.444 e. The molecule has 0 aliphatic heterocycles. The molecule has 0 fully saturated rings. The van der Waals surface area contributed by atoms with Gasteiger partial charge < -0.3 is 14.3 Å². The number of benzene rings is 2. The highest BCUT2D eigenvalue weighted by Crippen LogP contribution is 2.30. The van der Waals surface area contributed by atoms with Gasteiger partial charge in [-0.15, -0.1) is 0 Å². The van der Waals surface area contributed by atoms with Crippen LogP contribution in [0.2, 0.25) is 0 Å². The number of aromatic nitrogens is 3. The summed E-state index contributed by atoms with van der Waals surface area (Å²) in [5.41, 5.74) is 1.44. The molecule has 170 valence electrons. The highest BCUT2D eigenvalue weighted by atomic mass is 19.3. The second kappa shape index (κ2) is 8.53. The van der Waals surface area contributed by atoms with Crippen molar-refractivity contribution >= 4 is 5.91 Å². The van der Waals surface area contributed by atoms with E-state index in [9.17, 15) is 18.0 Å². The number of carbonyl (C=O) groups excluding carboxylic acids is 1. The molecule has 4 rings (SSSR count). The fourth-order valence-corrected chi connectivity index (χ4v) is 3.05. The number of hydrogen-bond donors (Lipinski definition) is 1. The van der Waals surface area contributed by atoms with Gasteiger partial charge in [0.15, 0.2) is 0 Å². The summed E-state index contributed by atoms with van der Waals surface area (Å²) in [6.45, 7) is 4.07. The quantitative estimate of drug-likeness (QED) is 0.434. The number of nitrogens with zero attached hydrogens (tertiary/aromatic N) is 3. The first-order chi connectivity index (χ1) is 15.6. The molecule has 4 aromatic rings. The molecule has 0 saturated heterocycles. The molecule has 0 spiro atoms. The summed E-state index contributed by atoms with van der Waals surface area (Å²) in [5, 5.41) is 6.18. The molecular formula is C23H19F3N4O3. The van der Waals surface area contributed by atoms with Crippen LogP contribution in [0.1, 0.15) is 35.8 Å². The van der Waals surface area contributed by atoms with Crippen LogP contribution < -0.4 is 5.32 Å². The van der Waals surface area contributed by atoms with Crippen LogP contribution in [0.5, 0.6) is 0 Å². The van der Waals surface area contributed by atoms with E-state index in [2.05, 4.69) is 25.0 Å². The molecule has 0 saturated carbocycles. The van der Waals surface area contributed by atoms with Gasteiger partial charge in [0.1, 0.15) is 6.26 Å². The fraction of sp³-hybridized carbons (Fsp3) is 0.217. The highest BCUT2D eigenvalue weighted by molar-refractivity contribution is 5.95. The zero-order valence-electron chi connectivity index (χ0n) is 17.7. The second-order valence-corrected chi connectivity index (χ2v) is 7.97. The van der Waals surface area contributed by atoms with Gasteiger partial charge in [-0.25, -0.2) is 4.98 Å². The lowest BCUT2D eigenvalue weighted by molar-refractivity contribution is -0.159. The van der Waals surface area contributed by atoms with Crippen molar-refractivity contribution in [3.8, 4) is 22.8 Å². The van der Waals surface area contributed by atoms with Gasteiger partial charge >= 0.3 is 12.1 Å². The lowest BCUT2D eigenvalue weighted by Crippen LogP contribution is -2.37. The third-order valence-electron chi connectivity index (χ3n) is 4.96. The van der Waals surface area contributed by atoms with E-state index < -0.39 is 23.4 Å². The Hall–Kier alpha value is -3.95. The third-order valence-corrected chi connectivity index (χ3v) is 4.96. The summed E-state index contributed by atoms with van der Waals surface area (Å²) < 4.78 is 48.0. The fourth-order valence-electron chi connectivity index (χ4n) is 3.05. The van der Waals surface area contributed by atoms with Crippen LogP contribution in [0.4, 0.5) is 13.2 Å². The van der Waals surface area contributed by atoms with Gasteiger partial charge in [0.2, 0.25) is 11.7 Å². The number of nitrogens with one attached hydrogen (secondary N) is 1. The van der Waals surface area contributed by atoms with Crippen molar-refractivity contribution in [3.05, 3.63) is 78.0 Å². The number of alkyl halides is 3. The van der Waals surface area contributed by atoms with Gasteiger partial charge in [0.05, 0.1) is 5.69 Å². The monoisotopic (exact) mass is 455 g/mol. The van der Waals surface area contributed by atoms with E-state index >= 15 is 0 Å². The number of amides is 1. The maximum Gasteiger partial charge on any atom is 0.471 e. The van der Waals surface area contributed by atoms with Gasteiger partial charge in [-0.1, -0.05) is 49.3 Å². The molecule has 0 bridgehead atoms. The molecule has 1 N–H and O–H groups in total. The Morgan fingerprint density at radius 1 is 1.00 bits per heavy atom. The minimum absolute atomic E-state index is 0.227. The largest absolute Gasteiger partial charge is 0.471 e. The summed E-state index contributed by atoms with van der Waals surface area (Å²) in [6.07, 6.45) is -3.18. The third kappa shape index (κ3) is 4.94. The molecule has 0 unspecified atom stereocenters. The van der Waals surface area contributed by atoms with Crippen molar-refractivity contribution in [2.75, 3.05) is 6.54 Å². The van der Waals surface area contributed by atoms with Crippen LogP contribution in [0.3, 0.4) is 0 Å². The maximum atomic E-state index is 12.7. The molecule has 0 atom stereocenters. The van der Waals surface area contributed by atoms with Crippen LogP contribution in [-0.2, 0) is 11.6 Å². The number of carbonyl (C=O) groups is 1. The molecule has 7 nitrogen and oxygen atoms in total. The highest BCUT2D eigenvalue weighted by Gasteiger charge is 2.38. The van der Waals surface area contributed by atoms with Gasteiger partial charge in [-0.05, 0) is 24.3 Å². The van der Waals surface area contributed by atoms with Gasteiger partial charge in [0.25, 0.3) is 5.91 Å². The van der Waals surface area contributed by atoms with Crippen molar-refractivity contribution in [1.29, 1.82) is 0 Å². The van der Waals surface area contributed by atoms with Crippen molar-refractivity contribution in [2.24, 2.45) is 0 Å². The SMILES string of the molecule is CC(C)(CNC(=O)c1cccc(-c2noc(C(F)(F)[18F])n2)c1)c1coc(-c2ccccc2)n1. The molecule has 0 radical (unpaired) electrons. The average molecular weight is 455 g/mol. The number of oxazole rings is 1. The van der Waals surface area contributed by atoms with E-state index in [1.807, 2.05) is 44.2 Å². The molecular weight excluding hydrogens is 436 g/mol. The average Bonchev–Trinajstić information content (AvgIpc) is 3.49. The molecule has 0 aliphatic rings. The number of hydrogen-bond acceptors (Lipinski definition) is 6. The van der Waals surface area contributed by atoms with Crippen molar-refractivity contribution in [3.63, 3.8) is 0 Å². The summed E-state index contributed by atoms with van der Waals surface area (Å²) in [5.74, 6) is -1.63. The zero-order valence-corrected chi connectivity index (χ0v) is 17.7. The predicted octanol–water partition coefficient (Wildman–Crippen LogP) is 5.12. The lowest BCUT2D eigenvalue weighted by atomic mass is 9.90. The van der Waals surface area contributed by atoms with E-state index in [-0.39, 0.29) is 23.5 Å². The number of rotatable bonds is 6. The van der Waals surface area contributed by atoms with Gasteiger partial charge in [-0.3, -0.25) is 4.79 Å². The van der Waals surface area contributed by atoms with Crippen LogP contribution >= 0.6 is 0 Å². The zero-order chi connectivity index (χ0) is 23.6. The summed E-state index contributed by atoms with van der Waals surface area (Å²) in [4.78, 5) is 20.6. The van der Waals surface area contributed by atoms with E-state index in [4.69, 9.17) is 4.42 Å². The molecule has 2 heterocycles. The molecule has 0 aliphatic carbocycles. The lowest BCUT2D eigenvalue weighted by Gasteiger charge is -2.22. The Kier molecular flexibility index (Phi) is 5.75. The van der Waals surface area contributed by atoms with E-state index in [1.54, 1.807) is 12.3 Å². The normalized spacial score (nSPS) is 12.0.